The summed E-state index contributed by atoms with van der Waals surface area (Å²) in [6.45, 7) is 2.46. The molecule has 2 aromatic carbocycles. The second kappa shape index (κ2) is 6.31. The molecule has 0 spiro atoms. The van der Waals surface area contributed by atoms with Crippen LogP contribution >= 0.6 is 11.8 Å². The number of fused-ring (bicyclic) bond motifs is 2. The Bertz CT molecular complexity index is 801. The monoisotopic (exact) mass is 320 g/mol. The van der Waals surface area contributed by atoms with Gasteiger partial charge in [0.2, 0.25) is 0 Å². The van der Waals surface area contributed by atoms with E-state index in [0.29, 0.717) is 6.54 Å². The molecule has 0 radical (unpaired) electrons. The van der Waals surface area contributed by atoms with Crippen molar-refractivity contribution >= 4 is 23.2 Å². The Kier molecular flexibility index (Phi) is 4.22. The van der Waals surface area contributed by atoms with E-state index in [9.17, 15) is 10.1 Å². The van der Waals surface area contributed by atoms with Gasteiger partial charge in [0.25, 0.3) is 5.91 Å². The van der Waals surface area contributed by atoms with Crippen molar-refractivity contribution in [2.24, 2.45) is 0 Å². The molecule has 0 atom stereocenters. The van der Waals surface area contributed by atoms with Crippen LogP contribution in [0.5, 0.6) is 0 Å². The molecule has 0 aliphatic carbocycles. The van der Waals surface area contributed by atoms with Crippen LogP contribution in [0, 0.1) is 11.3 Å². The topological polar surface area (TPSA) is 44.1 Å². The van der Waals surface area contributed by atoms with E-state index in [1.165, 1.54) is 0 Å². The van der Waals surface area contributed by atoms with E-state index in [0.717, 1.165) is 26.5 Å². The highest BCUT2D eigenvalue weighted by molar-refractivity contribution is 7.99. The first-order chi connectivity index (χ1) is 11.2. The van der Waals surface area contributed by atoms with E-state index >= 15 is 0 Å². The quantitative estimate of drug-likeness (QED) is 0.530. The Morgan fingerprint density at radius 3 is 2.09 bits per heavy atom. The normalized spacial score (nSPS) is 12.0. The molecule has 0 aromatic heterocycles. The van der Waals surface area contributed by atoms with Crippen LogP contribution in [-0.2, 0) is 4.79 Å². The molecule has 114 valence electrons. The zero-order valence-electron chi connectivity index (χ0n) is 13.0. The molecule has 0 bridgehead atoms. The number of carbonyl (C=O) groups is 1. The van der Waals surface area contributed by atoms with Gasteiger partial charge in [-0.2, -0.15) is 5.26 Å². The summed E-state index contributed by atoms with van der Waals surface area (Å²) in [4.78, 5) is 16.4. The molecular formula is C19H16N2OS. The molecule has 0 N–H and O–H groups in total. The first-order valence-electron chi connectivity index (χ1n) is 7.43. The minimum Gasteiger partial charge on any atom is -0.341 e. The fourth-order valence-electron chi connectivity index (χ4n) is 2.60. The molecule has 2 aromatic rings. The summed E-state index contributed by atoms with van der Waals surface area (Å²) in [7, 11) is 1.72. The molecule has 0 unspecified atom stereocenters. The standard InChI is InChI=1S/C19H16N2OS/c1-3-21(2)19(22)15(12-20)18-13-8-4-6-10-16(13)23-17-11-7-5-9-14(17)18/h4-11H,3H2,1-2H3. The van der Waals surface area contributed by atoms with Gasteiger partial charge in [-0.1, -0.05) is 48.2 Å². The Morgan fingerprint density at radius 1 is 1.09 bits per heavy atom. The highest BCUT2D eigenvalue weighted by Gasteiger charge is 2.27. The molecule has 1 aliphatic heterocycles. The smallest absolute Gasteiger partial charge is 0.264 e. The van der Waals surface area contributed by atoms with Crippen LogP contribution in [0.1, 0.15) is 18.1 Å². The Labute approximate surface area is 140 Å². The fourth-order valence-corrected chi connectivity index (χ4v) is 3.69. The number of likely N-dealkylation sites (N-methyl/N-ethyl adjacent to an activating group) is 1. The van der Waals surface area contributed by atoms with Crippen molar-refractivity contribution in [2.75, 3.05) is 13.6 Å². The lowest BCUT2D eigenvalue weighted by Gasteiger charge is -2.24. The molecule has 0 fully saturated rings. The van der Waals surface area contributed by atoms with Crippen LogP contribution in [0.25, 0.3) is 5.57 Å². The molecule has 1 aliphatic rings. The number of benzene rings is 2. The van der Waals surface area contributed by atoms with E-state index in [1.54, 1.807) is 23.7 Å². The molecular weight excluding hydrogens is 304 g/mol. The van der Waals surface area contributed by atoms with Crippen LogP contribution in [0.2, 0.25) is 0 Å². The Hall–Kier alpha value is -2.51. The highest BCUT2D eigenvalue weighted by Crippen LogP contribution is 2.46. The van der Waals surface area contributed by atoms with Gasteiger partial charge in [0.1, 0.15) is 11.6 Å². The van der Waals surface area contributed by atoms with Crippen molar-refractivity contribution in [3.63, 3.8) is 0 Å². The Balaban J connectivity index is 2.31. The van der Waals surface area contributed by atoms with Crippen molar-refractivity contribution < 1.29 is 4.79 Å². The summed E-state index contributed by atoms with van der Waals surface area (Å²) in [5, 5.41) is 9.68. The zero-order chi connectivity index (χ0) is 16.4. The second-order valence-corrected chi connectivity index (χ2v) is 6.36. The van der Waals surface area contributed by atoms with Crippen LogP contribution in [0.3, 0.4) is 0 Å². The molecule has 3 rings (SSSR count). The number of nitriles is 1. The summed E-state index contributed by atoms with van der Waals surface area (Å²) in [5.74, 6) is -0.235. The van der Waals surface area contributed by atoms with Gasteiger partial charge in [0, 0.05) is 29.0 Å². The number of hydrogen-bond donors (Lipinski definition) is 0. The molecule has 3 nitrogen and oxygen atoms in total. The third-order valence-electron chi connectivity index (χ3n) is 3.93. The molecule has 0 saturated carbocycles. The lowest BCUT2D eigenvalue weighted by molar-refractivity contribution is -0.125. The third-order valence-corrected chi connectivity index (χ3v) is 5.08. The van der Waals surface area contributed by atoms with Gasteiger partial charge >= 0.3 is 0 Å². The largest absolute Gasteiger partial charge is 0.341 e. The minimum absolute atomic E-state index is 0.203. The van der Waals surface area contributed by atoms with E-state index in [4.69, 9.17) is 0 Å². The van der Waals surface area contributed by atoms with Crippen LogP contribution in [0.4, 0.5) is 0 Å². The van der Waals surface area contributed by atoms with Gasteiger partial charge in [-0.15, -0.1) is 0 Å². The number of rotatable bonds is 2. The van der Waals surface area contributed by atoms with E-state index in [2.05, 4.69) is 6.07 Å². The van der Waals surface area contributed by atoms with Crippen LogP contribution in [0.15, 0.2) is 63.9 Å². The van der Waals surface area contributed by atoms with Gasteiger partial charge in [0.05, 0.1) is 0 Å². The van der Waals surface area contributed by atoms with Crippen LogP contribution < -0.4 is 0 Å². The number of nitrogens with zero attached hydrogens (tertiary/aromatic N) is 2. The Morgan fingerprint density at radius 2 is 1.61 bits per heavy atom. The van der Waals surface area contributed by atoms with Gasteiger partial charge in [-0.25, -0.2) is 0 Å². The second-order valence-electron chi connectivity index (χ2n) is 5.28. The van der Waals surface area contributed by atoms with Crippen molar-refractivity contribution in [2.45, 2.75) is 16.7 Å². The van der Waals surface area contributed by atoms with Crippen molar-refractivity contribution in [3.8, 4) is 6.07 Å². The number of amides is 1. The highest BCUT2D eigenvalue weighted by atomic mass is 32.2. The average Bonchev–Trinajstić information content (AvgIpc) is 2.60. The molecule has 1 amide bonds. The summed E-state index contributed by atoms with van der Waals surface area (Å²) in [6, 6.07) is 18.0. The SMILES string of the molecule is CCN(C)C(=O)C(C#N)=C1c2ccccc2Sc2ccccc21. The first-order valence-corrected chi connectivity index (χ1v) is 8.25. The molecule has 4 heteroatoms. The maximum atomic E-state index is 12.7. The van der Waals surface area contributed by atoms with E-state index in [1.807, 2.05) is 55.5 Å². The van der Waals surface area contributed by atoms with Gasteiger partial charge in [-0.3, -0.25) is 4.79 Å². The van der Waals surface area contributed by atoms with Gasteiger partial charge in [-0.05, 0) is 30.2 Å². The predicted molar refractivity (Wildman–Crippen MR) is 92.0 cm³/mol. The summed E-state index contributed by atoms with van der Waals surface area (Å²) in [5.41, 5.74) is 2.84. The summed E-state index contributed by atoms with van der Waals surface area (Å²) < 4.78 is 0. The van der Waals surface area contributed by atoms with Crippen molar-refractivity contribution in [1.82, 2.24) is 4.90 Å². The zero-order valence-corrected chi connectivity index (χ0v) is 13.9. The summed E-state index contributed by atoms with van der Waals surface area (Å²) in [6.07, 6.45) is 0. The van der Waals surface area contributed by atoms with Gasteiger partial charge < -0.3 is 4.90 Å². The lowest BCUT2D eigenvalue weighted by Crippen LogP contribution is -2.28. The molecule has 23 heavy (non-hydrogen) atoms. The maximum absolute atomic E-state index is 12.7. The van der Waals surface area contributed by atoms with Gasteiger partial charge in [0.15, 0.2) is 0 Å². The van der Waals surface area contributed by atoms with E-state index in [-0.39, 0.29) is 11.5 Å². The van der Waals surface area contributed by atoms with Crippen molar-refractivity contribution in [3.05, 3.63) is 65.2 Å². The third kappa shape index (κ3) is 2.64. The predicted octanol–water partition coefficient (Wildman–Crippen LogP) is 3.95. The minimum atomic E-state index is -0.235. The lowest BCUT2D eigenvalue weighted by atomic mass is 9.92. The van der Waals surface area contributed by atoms with E-state index < -0.39 is 0 Å². The van der Waals surface area contributed by atoms with Crippen LogP contribution in [-0.4, -0.2) is 24.4 Å². The first kappa shape index (κ1) is 15.4. The summed E-state index contributed by atoms with van der Waals surface area (Å²) >= 11 is 1.67. The molecule has 0 saturated heterocycles. The van der Waals surface area contributed by atoms with Crippen molar-refractivity contribution in [1.29, 1.82) is 5.26 Å². The number of hydrogen-bond acceptors (Lipinski definition) is 3. The molecule has 1 heterocycles. The maximum Gasteiger partial charge on any atom is 0.264 e. The fraction of sp³-hybridized carbons (Fsp3) is 0.158. The average molecular weight is 320 g/mol. The number of carbonyl (C=O) groups excluding carboxylic acids is 1.